The predicted octanol–water partition coefficient (Wildman–Crippen LogP) is 2.67. The third kappa shape index (κ3) is 6.08. The van der Waals surface area contributed by atoms with Crippen molar-refractivity contribution in [3.63, 3.8) is 0 Å². The second kappa shape index (κ2) is 9.07. The highest BCUT2D eigenvalue weighted by Gasteiger charge is 2.15. The maximum atomic E-state index is 12.0. The normalized spacial score (nSPS) is 15.4. The van der Waals surface area contributed by atoms with Crippen LogP contribution in [0, 0.1) is 0 Å². The average Bonchev–Trinajstić information content (AvgIpc) is 2.48. The summed E-state index contributed by atoms with van der Waals surface area (Å²) in [5.74, 6) is 0.601. The Morgan fingerprint density at radius 1 is 1.43 bits per heavy atom. The standard InChI is InChI=1S/C15H19BrN2O2.ClH/c1-11(20-14-4-2-13(16)3-5-14)15(19)18-10-12-6-8-17-9-7-12;/h2-6,11,17H,7-10H2,1H3,(H,18,19);1H. The summed E-state index contributed by atoms with van der Waals surface area (Å²) in [6, 6.07) is 7.45. The molecule has 0 saturated heterocycles. The summed E-state index contributed by atoms with van der Waals surface area (Å²) in [5.41, 5.74) is 1.27. The van der Waals surface area contributed by atoms with E-state index in [0.29, 0.717) is 12.3 Å². The third-order valence-corrected chi connectivity index (χ3v) is 3.67. The van der Waals surface area contributed by atoms with Gasteiger partial charge in [0, 0.05) is 17.6 Å². The quantitative estimate of drug-likeness (QED) is 0.778. The fourth-order valence-corrected chi connectivity index (χ4v) is 2.21. The van der Waals surface area contributed by atoms with Crippen LogP contribution in [0.15, 0.2) is 40.4 Å². The minimum absolute atomic E-state index is 0. The summed E-state index contributed by atoms with van der Waals surface area (Å²) in [6.07, 6.45) is 2.62. The molecule has 0 aromatic heterocycles. The lowest BCUT2D eigenvalue weighted by Crippen LogP contribution is -2.38. The topological polar surface area (TPSA) is 50.4 Å². The first-order valence-corrected chi connectivity index (χ1v) is 7.53. The predicted molar refractivity (Wildman–Crippen MR) is 90.1 cm³/mol. The van der Waals surface area contributed by atoms with Gasteiger partial charge in [-0.15, -0.1) is 12.4 Å². The second-order valence-corrected chi connectivity index (χ2v) is 5.66. The van der Waals surface area contributed by atoms with E-state index in [1.807, 2.05) is 24.3 Å². The van der Waals surface area contributed by atoms with E-state index < -0.39 is 6.10 Å². The number of carbonyl (C=O) groups excluding carboxylic acids is 1. The summed E-state index contributed by atoms with van der Waals surface area (Å²) >= 11 is 3.36. The van der Waals surface area contributed by atoms with Crippen LogP contribution >= 0.6 is 28.3 Å². The van der Waals surface area contributed by atoms with E-state index in [4.69, 9.17) is 4.74 Å². The molecule has 1 aromatic carbocycles. The number of benzene rings is 1. The number of rotatable bonds is 5. The van der Waals surface area contributed by atoms with Crippen molar-refractivity contribution in [2.24, 2.45) is 0 Å². The highest BCUT2D eigenvalue weighted by atomic mass is 79.9. The highest BCUT2D eigenvalue weighted by molar-refractivity contribution is 9.10. The Bertz CT molecular complexity index is 491. The van der Waals surface area contributed by atoms with Gasteiger partial charge < -0.3 is 15.4 Å². The molecule has 6 heteroatoms. The van der Waals surface area contributed by atoms with E-state index in [-0.39, 0.29) is 18.3 Å². The monoisotopic (exact) mass is 374 g/mol. The molecule has 0 bridgehead atoms. The molecule has 4 nitrogen and oxygen atoms in total. The van der Waals surface area contributed by atoms with E-state index in [1.54, 1.807) is 6.92 Å². The van der Waals surface area contributed by atoms with Crippen molar-refractivity contribution in [1.82, 2.24) is 10.6 Å². The van der Waals surface area contributed by atoms with Gasteiger partial charge >= 0.3 is 0 Å². The number of halogens is 2. The van der Waals surface area contributed by atoms with Crippen molar-refractivity contribution in [2.75, 3.05) is 19.6 Å². The fraction of sp³-hybridized carbons (Fsp3) is 0.400. The van der Waals surface area contributed by atoms with Crippen molar-refractivity contribution in [2.45, 2.75) is 19.4 Å². The third-order valence-electron chi connectivity index (χ3n) is 3.14. The average molecular weight is 376 g/mol. The largest absolute Gasteiger partial charge is 0.481 e. The molecule has 21 heavy (non-hydrogen) atoms. The molecule has 0 saturated carbocycles. The summed E-state index contributed by atoms with van der Waals surface area (Å²) in [7, 11) is 0. The molecule has 1 aliphatic heterocycles. The van der Waals surface area contributed by atoms with Gasteiger partial charge in [-0.25, -0.2) is 0 Å². The van der Waals surface area contributed by atoms with Gasteiger partial charge in [0.05, 0.1) is 0 Å². The van der Waals surface area contributed by atoms with Crippen molar-refractivity contribution < 1.29 is 9.53 Å². The molecule has 2 N–H and O–H groups in total. The van der Waals surface area contributed by atoms with Crippen molar-refractivity contribution in [1.29, 1.82) is 0 Å². The van der Waals surface area contributed by atoms with Gasteiger partial charge in [-0.3, -0.25) is 4.79 Å². The number of carbonyl (C=O) groups is 1. The Morgan fingerprint density at radius 3 is 2.76 bits per heavy atom. The number of hydrogen-bond donors (Lipinski definition) is 2. The number of hydrogen-bond acceptors (Lipinski definition) is 3. The number of amides is 1. The molecule has 1 heterocycles. The molecule has 0 spiro atoms. The first kappa shape index (κ1) is 18.0. The zero-order valence-electron chi connectivity index (χ0n) is 11.9. The molecule has 0 radical (unpaired) electrons. The Kier molecular flexibility index (Phi) is 7.78. The van der Waals surface area contributed by atoms with Crippen LogP contribution in [0.2, 0.25) is 0 Å². The molecule has 1 atom stereocenters. The Hall–Kier alpha value is -1.04. The summed E-state index contributed by atoms with van der Waals surface area (Å²) < 4.78 is 6.59. The lowest BCUT2D eigenvalue weighted by atomic mass is 10.1. The molecule has 1 aliphatic rings. The molecule has 0 fully saturated rings. The van der Waals surface area contributed by atoms with Crippen LogP contribution in [0.5, 0.6) is 5.75 Å². The second-order valence-electron chi connectivity index (χ2n) is 4.75. The van der Waals surface area contributed by atoms with Gasteiger partial charge in [-0.2, -0.15) is 0 Å². The van der Waals surface area contributed by atoms with Crippen LogP contribution in [0.4, 0.5) is 0 Å². The molecule has 116 valence electrons. The minimum Gasteiger partial charge on any atom is -0.481 e. The first-order valence-electron chi connectivity index (χ1n) is 6.74. The summed E-state index contributed by atoms with van der Waals surface area (Å²) in [5, 5.41) is 6.16. The van der Waals surface area contributed by atoms with Crippen molar-refractivity contribution in [3.8, 4) is 5.75 Å². The number of nitrogens with one attached hydrogen (secondary N) is 2. The summed E-state index contributed by atoms with van der Waals surface area (Å²) in [6.45, 7) is 4.23. The lowest BCUT2D eigenvalue weighted by molar-refractivity contribution is -0.127. The van der Waals surface area contributed by atoms with Crippen molar-refractivity contribution in [3.05, 3.63) is 40.4 Å². The molecule has 1 aromatic rings. The van der Waals surface area contributed by atoms with Gasteiger partial charge in [0.15, 0.2) is 6.10 Å². The highest BCUT2D eigenvalue weighted by Crippen LogP contribution is 2.17. The first-order chi connectivity index (χ1) is 9.65. The van der Waals surface area contributed by atoms with Crippen LogP contribution in [0.25, 0.3) is 0 Å². The van der Waals surface area contributed by atoms with E-state index in [2.05, 4.69) is 32.6 Å². The Morgan fingerprint density at radius 2 is 2.14 bits per heavy atom. The fourth-order valence-electron chi connectivity index (χ4n) is 1.95. The maximum absolute atomic E-state index is 12.0. The lowest BCUT2D eigenvalue weighted by Gasteiger charge is -2.17. The van der Waals surface area contributed by atoms with Crippen LogP contribution in [-0.2, 0) is 4.79 Å². The van der Waals surface area contributed by atoms with E-state index >= 15 is 0 Å². The van der Waals surface area contributed by atoms with Crippen LogP contribution in [0.1, 0.15) is 13.3 Å². The molecule has 1 amide bonds. The maximum Gasteiger partial charge on any atom is 0.261 e. The van der Waals surface area contributed by atoms with Gasteiger partial charge in [0.2, 0.25) is 0 Å². The van der Waals surface area contributed by atoms with Crippen LogP contribution in [-0.4, -0.2) is 31.6 Å². The Labute approximate surface area is 139 Å². The Balaban J connectivity index is 0.00000220. The van der Waals surface area contributed by atoms with E-state index in [0.717, 1.165) is 24.0 Å². The zero-order chi connectivity index (χ0) is 14.4. The zero-order valence-corrected chi connectivity index (χ0v) is 14.3. The van der Waals surface area contributed by atoms with E-state index in [1.165, 1.54) is 5.57 Å². The van der Waals surface area contributed by atoms with Gasteiger partial charge in [0.1, 0.15) is 5.75 Å². The van der Waals surface area contributed by atoms with Crippen molar-refractivity contribution >= 4 is 34.2 Å². The smallest absolute Gasteiger partial charge is 0.261 e. The number of ether oxygens (including phenoxy) is 1. The molecule has 1 unspecified atom stereocenters. The van der Waals surface area contributed by atoms with E-state index in [9.17, 15) is 4.79 Å². The SMILES string of the molecule is CC(Oc1ccc(Br)cc1)C(=O)NCC1=CCNCC1.Cl. The van der Waals surface area contributed by atoms with Gasteiger partial charge in [-0.05, 0) is 44.2 Å². The molecular formula is C15H20BrClN2O2. The summed E-state index contributed by atoms with van der Waals surface area (Å²) in [4.78, 5) is 12.0. The minimum atomic E-state index is -0.501. The van der Waals surface area contributed by atoms with Gasteiger partial charge in [0.25, 0.3) is 5.91 Å². The molecule has 0 aliphatic carbocycles. The van der Waals surface area contributed by atoms with Gasteiger partial charge in [-0.1, -0.05) is 27.6 Å². The molecule has 2 rings (SSSR count). The molecular weight excluding hydrogens is 356 g/mol. The van der Waals surface area contributed by atoms with Crippen LogP contribution in [0.3, 0.4) is 0 Å². The van der Waals surface area contributed by atoms with Crippen LogP contribution < -0.4 is 15.4 Å².